The smallest absolute Gasteiger partial charge is 0.253 e. The maximum absolute atomic E-state index is 13.0. The standard InChI is InChI=1S/C26H22ClN3O2S/c1-17-21(27)11-12-22-23(17)28-26(33-22)30-15-13-29(14-16-30)25(32)20-9-7-19(8-10-20)24(31)18-5-3-2-4-6-18/h2-12H,13-16H2,1H3. The van der Waals surface area contributed by atoms with Crippen LogP contribution in [0.5, 0.6) is 0 Å². The molecule has 1 aromatic heterocycles. The Morgan fingerprint density at radius 3 is 2.18 bits per heavy atom. The summed E-state index contributed by atoms with van der Waals surface area (Å²) >= 11 is 7.90. The van der Waals surface area contributed by atoms with Crippen LogP contribution in [-0.2, 0) is 0 Å². The number of piperazine rings is 1. The summed E-state index contributed by atoms with van der Waals surface area (Å²) in [6, 6.07) is 20.0. The lowest BCUT2D eigenvalue weighted by Gasteiger charge is -2.34. The Labute approximate surface area is 201 Å². The molecule has 0 radical (unpaired) electrons. The first-order valence-electron chi connectivity index (χ1n) is 10.8. The fourth-order valence-electron chi connectivity index (χ4n) is 4.03. The molecule has 0 spiro atoms. The second kappa shape index (κ2) is 8.96. The highest BCUT2D eigenvalue weighted by atomic mass is 35.5. The van der Waals surface area contributed by atoms with E-state index in [2.05, 4.69) is 4.90 Å². The fourth-order valence-corrected chi connectivity index (χ4v) is 5.26. The second-order valence-electron chi connectivity index (χ2n) is 8.07. The van der Waals surface area contributed by atoms with Crippen molar-refractivity contribution >= 4 is 50.0 Å². The number of hydrogen-bond acceptors (Lipinski definition) is 5. The molecule has 0 N–H and O–H groups in total. The van der Waals surface area contributed by atoms with Crippen LogP contribution in [0.4, 0.5) is 5.13 Å². The average Bonchev–Trinajstić information content (AvgIpc) is 3.31. The Morgan fingerprint density at radius 1 is 0.848 bits per heavy atom. The number of aromatic nitrogens is 1. The molecule has 0 atom stereocenters. The highest BCUT2D eigenvalue weighted by Gasteiger charge is 2.24. The number of thiazole rings is 1. The van der Waals surface area contributed by atoms with Crippen LogP contribution < -0.4 is 4.90 Å². The number of benzene rings is 3. The van der Waals surface area contributed by atoms with E-state index >= 15 is 0 Å². The maximum Gasteiger partial charge on any atom is 0.253 e. The molecule has 2 heterocycles. The molecule has 33 heavy (non-hydrogen) atoms. The van der Waals surface area contributed by atoms with Crippen LogP contribution in [0.2, 0.25) is 5.02 Å². The summed E-state index contributed by atoms with van der Waals surface area (Å²) < 4.78 is 1.12. The van der Waals surface area contributed by atoms with E-state index < -0.39 is 0 Å². The predicted octanol–water partition coefficient (Wildman–Crippen LogP) is 5.45. The summed E-state index contributed by atoms with van der Waals surface area (Å²) in [7, 11) is 0. The van der Waals surface area contributed by atoms with E-state index in [4.69, 9.17) is 16.6 Å². The van der Waals surface area contributed by atoms with Crippen molar-refractivity contribution in [2.75, 3.05) is 31.1 Å². The lowest BCUT2D eigenvalue weighted by molar-refractivity contribution is 0.0746. The first-order valence-corrected chi connectivity index (χ1v) is 12.0. The predicted molar refractivity (Wildman–Crippen MR) is 134 cm³/mol. The number of carbonyl (C=O) groups is 2. The molecule has 0 aliphatic carbocycles. The number of carbonyl (C=O) groups excluding carboxylic acids is 2. The van der Waals surface area contributed by atoms with Gasteiger partial charge in [0.1, 0.15) is 0 Å². The molecule has 1 fully saturated rings. The van der Waals surface area contributed by atoms with Crippen LogP contribution in [0.25, 0.3) is 10.2 Å². The summed E-state index contributed by atoms with van der Waals surface area (Å²) in [5, 5.41) is 1.69. The Bertz CT molecular complexity index is 1330. The van der Waals surface area contributed by atoms with Gasteiger partial charge in [0, 0.05) is 47.9 Å². The zero-order valence-corrected chi connectivity index (χ0v) is 19.7. The van der Waals surface area contributed by atoms with Gasteiger partial charge in [-0.2, -0.15) is 0 Å². The third kappa shape index (κ3) is 4.24. The minimum atomic E-state index is -0.0458. The minimum Gasteiger partial charge on any atom is -0.345 e. The molecule has 4 aromatic rings. The van der Waals surface area contributed by atoms with Crippen LogP contribution in [0, 0.1) is 6.92 Å². The normalized spacial score (nSPS) is 14.0. The Morgan fingerprint density at radius 2 is 1.48 bits per heavy atom. The number of hydrogen-bond donors (Lipinski definition) is 0. The molecular weight excluding hydrogens is 454 g/mol. The van der Waals surface area contributed by atoms with E-state index in [1.54, 1.807) is 47.7 Å². The van der Waals surface area contributed by atoms with Gasteiger partial charge >= 0.3 is 0 Å². The van der Waals surface area contributed by atoms with E-state index in [0.717, 1.165) is 39.0 Å². The molecule has 1 saturated heterocycles. The lowest BCUT2D eigenvalue weighted by Crippen LogP contribution is -2.48. The summed E-state index contributed by atoms with van der Waals surface area (Å²) in [5.74, 6) is -0.0594. The van der Waals surface area contributed by atoms with Crippen LogP contribution in [0.1, 0.15) is 31.8 Å². The first-order chi connectivity index (χ1) is 16.0. The van der Waals surface area contributed by atoms with Crippen LogP contribution in [0.3, 0.4) is 0 Å². The molecule has 1 aliphatic rings. The van der Waals surface area contributed by atoms with Crippen LogP contribution in [-0.4, -0.2) is 47.8 Å². The average molecular weight is 476 g/mol. The number of nitrogens with zero attached hydrogens (tertiary/aromatic N) is 3. The Balaban J connectivity index is 1.24. The third-order valence-electron chi connectivity index (χ3n) is 6.00. The van der Waals surface area contributed by atoms with Crippen molar-refractivity contribution in [1.29, 1.82) is 0 Å². The van der Waals surface area contributed by atoms with Gasteiger partial charge in [0.2, 0.25) is 0 Å². The molecule has 1 aliphatic heterocycles. The molecule has 7 heteroatoms. The number of amides is 1. The SMILES string of the molecule is Cc1c(Cl)ccc2sc(N3CCN(C(=O)c4ccc(C(=O)c5ccccc5)cc4)CC3)nc12. The summed E-state index contributed by atoms with van der Waals surface area (Å²) in [4.78, 5) is 34.5. The Hall–Kier alpha value is -3.22. The highest BCUT2D eigenvalue weighted by Crippen LogP contribution is 2.33. The number of fused-ring (bicyclic) bond motifs is 1. The van der Waals surface area contributed by atoms with E-state index in [1.165, 1.54) is 0 Å². The number of ketones is 1. The van der Waals surface area contributed by atoms with Gasteiger partial charge in [-0.25, -0.2) is 4.98 Å². The highest BCUT2D eigenvalue weighted by molar-refractivity contribution is 7.22. The number of anilines is 1. The molecule has 3 aromatic carbocycles. The molecule has 166 valence electrons. The van der Waals surface area contributed by atoms with Crippen molar-refractivity contribution in [1.82, 2.24) is 9.88 Å². The van der Waals surface area contributed by atoms with Gasteiger partial charge in [-0.3, -0.25) is 9.59 Å². The van der Waals surface area contributed by atoms with Gasteiger partial charge in [0.15, 0.2) is 10.9 Å². The van der Waals surface area contributed by atoms with Gasteiger partial charge in [-0.05, 0) is 36.8 Å². The minimum absolute atomic E-state index is 0.0136. The third-order valence-corrected chi connectivity index (χ3v) is 7.49. The molecule has 0 unspecified atom stereocenters. The van der Waals surface area contributed by atoms with E-state index in [9.17, 15) is 9.59 Å². The molecular formula is C26H22ClN3O2S. The Kier molecular flexibility index (Phi) is 5.87. The van der Waals surface area contributed by atoms with Crippen molar-refractivity contribution in [2.24, 2.45) is 0 Å². The monoisotopic (exact) mass is 475 g/mol. The van der Waals surface area contributed by atoms with Gasteiger partial charge in [0.25, 0.3) is 5.91 Å². The molecule has 5 rings (SSSR count). The number of halogens is 1. The second-order valence-corrected chi connectivity index (χ2v) is 9.48. The van der Waals surface area contributed by atoms with Gasteiger partial charge in [-0.1, -0.05) is 65.4 Å². The molecule has 1 amide bonds. The van der Waals surface area contributed by atoms with Crippen molar-refractivity contribution in [3.63, 3.8) is 0 Å². The maximum atomic E-state index is 13.0. The zero-order chi connectivity index (χ0) is 22.9. The quantitative estimate of drug-likeness (QED) is 0.368. The molecule has 5 nitrogen and oxygen atoms in total. The lowest BCUT2D eigenvalue weighted by atomic mass is 10.0. The topological polar surface area (TPSA) is 53.5 Å². The largest absolute Gasteiger partial charge is 0.345 e. The first kappa shape index (κ1) is 21.6. The van der Waals surface area contributed by atoms with E-state index in [-0.39, 0.29) is 11.7 Å². The van der Waals surface area contributed by atoms with Crippen molar-refractivity contribution < 1.29 is 9.59 Å². The van der Waals surface area contributed by atoms with Gasteiger partial charge < -0.3 is 9.80 Å². The molecule has 0 saturated carbocycles. The van der Waals surface area contributed by atoms with Crippen LogP contribution in [0.15, 0.2) is 66.7 Å². The zero-order valence-electron chi connectivity index (χ0n) is 18.1. The van der Waals surface area contributed by atoms with Crippen molar-refractivity contribution in [3.8, 4) is 0 Å². The van der Waals surface area contributed by atoms with Crippen LogP contribution >= 0.6 is 22.9 Å². The summed E-state index contributed by atoms with van der Waals surface area (Å²) in [6.45, 7) is 4.69. The van der Waals surface area contributed by atoms with Crippen molar-refractivity contribution in [3.05, 3.63) is 94.0 Å². The number of rotatable bonds is 4. The molecule has 0 bridgehead atoms. The van der Waals surface area contributed by atoms with E-state index in [0.29, 0.717) is 29.8 Å². The summed E-state index contributed by atoms with van der Waals surface area (Å²) in [5.41, 5.74) is 3.76. The van der Waals surface area contributed by atoms with Gasteiger partial charge in [-0.15, -0.1) is 0 Å². The van der Waals surface area contributed by atoms with Gasteiger partial charge in [0.05, 0.1) is 10.2 Å². The van der Waals surface area contributed by atoms with E-state index in [1.807, 2.05) is 42.2 Å². The van der Waals surface area contributed by atoms with Crippen molar-refractivity contribution in [2.45, 2.75) is 6.92 Å². The summed E-state index contributed by atoms with van der Waals surface area (Å²) in [6.07, 6.45) is 0. The fraction of sp³-hybridized carbons (Fsp3) is 0.192. The number of aryl methyl sites for hydroxylation is 1.